The predicted octanol–water partition coefficient (Wildman–Crippen LogP) is 0.846. The van der Waals surface area contributed by atoms with E-state index in [9.17, 15) is 8.42 Å². The summed E-state index contributed by atoms with van der Waals surface area (Å²) in [6.45, 7) is 2.95. The second kappa shape index (κ2) is 5.02. The van der Waals surface area contributed by atoms with Crippen LogP contribution in [0.2, 0.25) is 0 Å². The van der Waals surface area contributed by atoms with Crippen molar-refractivity contribution in [3.8, 4) is 0 Å². The highest BCUT2D eigenvalue weighted by Gasteiger charge is 2.29. The van der Waals surface area contributed by atoms with Crippen molar-refractivity contribution >= 4 is 10.0 Å². The highest BCUT2D eigenvalue weighted by Crippen LogP contribution is 2.29. The third kappa shape index (κ3) is 3.18. The lowest BCUT2D eigenvalue weighted by Gasteiger charge is -2.31. The molecule has 2 aliphatic rings. The molecule has 0 bridgehead atoms. The summed E-state index contributed by atoms with van der Waals surface area (Å²) in [5.41, 5.74) is 0. The Hall–Kier alpha value is -0.130. The molecule has 2 N–H and O–H groups in total. The maximum Gasteiger partial charge on any atom is 0.213 e. The van der Waals surface area contributed by atoms with Crippen LogP contribution in [0.1, 0.15) is 39.0 Å². The first-order chi connectivity index (χ1) is 7.57. The molecule has 1 saturated heterocycles. The van der Waals surface area contributed by atoms with E-state index in [-0.39, 0.29) is 17.8 Å². The van der Waals surface area contributed by atoms with Crippen molar-refractivity contribution in [1.82, 2.24) is 10.0 Å². The summed E-state index contributed by atoms with van der Waals surface area (Å²) in [5, 5.41) is 3.22. The molecule has 2 fully saturated rings. The molecule has 94 valence electrons. The van der Waals surface area contributed by atoms with E-state index in [2.05, 4.69) is 10.0 Å². The highest BCUT2D eigenvalue weighted by atomic mass is 32.2. The van der Waals surface area contributed by atoms with Crippen LogP contribution in [0.3, 0.4) is 0 Å². The maximum absolute atomic E-state index is 11.9. The van der Waals surface area contributed by atoms with E-state index >= 15 is 0 Å². The Labute approximate surface area is 98.2 Å². The molecule has 2 rings (SSSR count). The van der Waals surface area contributed by atoms with Gasteiger partial charge < -0.3 is 5.32 Å². The zero-order valence-electron chi connectivity index (χ0n) is 9.91. The van der Waals surface area contributed by atoms with Gasteiger partial charge in [-0.25, -0.2) is 13.1 Å². The van der Waals surface area contributed by atoms with Gasteiger partial charge >= 0.3 is 0 Å². The molecular formula is C11H22N2O2S. The molecule has 0 spiro atoms. The van der Waals surface area contributed by atoms with Gasteiger partial charge in [0.15, 0.2) is 0 Å². The zero-order valence-corrected chi connectivity index (χ0v) is 10.7. The fourth-order valence-corrected chi connectivity index (χ4v) is 4.20. The van der Waals surface area contributed by atoms with Gasteiger partial charge in [-0.05, 0) is 45.1 Å². The van der Waals surface area contributed by atoms with Crippen LogP contribution in [0.15, 0.2) is 0 Å². The van der Waals surface area contributed by atoms with Crippen molar-refractivity contribution in [2.24, 2.45) is 5.92 Å². The lowest BCUT2D eigenvalue weighted by Crippen LogP contribution is -2.44. The minimum absolute atomic E-state index is 0.111. The Morgan fingerprint density at radius 1 is 1.31 bits per heavy atom. The summed E-state index contributed by atoms with van der Waals surface area (Å²) in [6.07, 6.45) is 5.68. The van der Waals surface area contributed by atoms with Crippen LogP contribution < -0.4 is 10.0 Å². The molecule has 1 aliphatic heterocycles. The van der Waals surface area contributed by atoms with Gasteiger partial charge in [-0.15, -0.1) is 0 Å². The smallest absolute Gasteiger partial charge is 0.213 e. The van der Waals surface area contributed by atoms with Crippen molar-refractivity contribution < 1.29 is 8.42 Å². The minimum Gasteiger partial charge on any atom is -0.313 e. The van der Waals surface area contributed by atoms with Crippen molar-refractivity contribution in [3.63, 3.8) is 0 Å². The van der Waals surface area contributed by atoms with Gasteiger partial charge in [0.2, 0.25) is 10.0 Å². The molecule has 2 unspecified atom stereocenters. The molecule has 0 amide bonds. The standard InChI is InChI=1S/C11H22N2O2S/c1-9(10-4-2-5-10)13-16(14,15)8-11-6-3-7-12-11/h9-13H,2-8H2,1H3. The summed E-state index contributed by atoms with van der Waals surface area (Å²) in [6, 6.07) is 0.270. The molecule has 1 saturated carbocycles. The summed E-state index contributed by atoms with van der Waals surface area (Å²) in [5.74, 6) is 0.802. The minimum atomic E-state index is -3.10. The molecular weight excluding hydrogens is 224 g/mol. The maximum atomic E-state index is 11.9. The monoisotopic (exact) mass is 246 g/mol. The number of sulfonamides is 1. The summed E-state index contributed by atoms with van der Waals surface area (Å²) in [7, 11) is -3.10. The molecule has 1 heterocycles. The Bertz CT molecular complexity index is 319. The van der Waals surface area contributed by atoms with Crippen LogP contribution in [-0.4, -0.2) is 32.8 Å². The Kier molecular flexibility index (Phi) is 3.87. The quantitative estimate of drug-likeness (QED) is 0.756. The number of hydrogen-bond acceptors (Lipinski definition) is 3. The van der Waals surface area contributed by atoms with E-state index in [1.807, 2.05) is 6.92 Å². The fourth-order valence-electron chi connectivity index (χ4n) is 2.53. The van der Waals surface area contributed by atoms with Crippen molar-refractivity contribution in [3.05, 3.63) is 0 Å². The zero-order chi connectivity index (χ0) is 11.6. The van der Waals surface area contributed by atoms with Crippen molar-refractivity contribution in [2.75, 3.05) is 12.3 Å². The van der Waals surface area contributed by atoms with E-state index in [4.69, 9.17) is 0 Å². The topological polar surface area (TPSA) is 58.2 Å². The first-order valence-corrected chi connectivity index (χ1v) is 7.95. The number of nitrogens with one attached hydrogen (secondary N) is 2. The Morgan fingerprint density at radius 2 is 2.06 bits per heavy atom. The van der Waals surface area contributed by atoms with Crippen LogP contribution in [0, 0.1) is 5.92 Å². The number of rotatable bonds is 5. The van der Waals surface area contributed by atoms with E-state index in [0.29, 0.717) is 5.92 Å². The highest BCUT2D eigenvalue weighted by molar-refractivity contribution is 7.89. The normalized spacial score (nSPS) is 28.9. The van der Waals surface area contributed by atoms with E-state index in [1.165, 1.54) is 19.3 Å². The predicted molar refractivity (Wildman–Crippen MR) is 64.8 cm³/mol. The number of hydrogen-bond donors (Lipinski definition) is 2. The van der Waals surface area contributed by atoms with Crippen LogP contribution in [-0.2, 0) is 10.0 Å². The first kappa shape index (κ1) is 12.3. The second-order valence-corrected chi connectivity index (χ2v) is 6.97. The summed E-state index contributed by atoms with van der Waals surface area (Å²) >= 11 is 0. The summed E-state index contributed by atoms with van der Waals surface area (Å²) in [4.78, 5) is 0. The van der Waals surface area contributed by atoms with Crippen LogP contribution in [0.5, 0.6) is 0 Å². The Morgan fingerprint density at radius 3 is 2.56 bits per heavy atom. The van der Waals surface area contributed by atoms with Gasteiger partial charge in [-0.3, -0.25) is 0 Å². The molecule has 1 aliphatic carbocycles. The largest absolute Gasteiger partial charge is 0.313 e. The second-order valence-electron chi connectivity index (χ2n) is 5.17. The third-order valence-corrected chi connectivity index (χ3v) is 5.38. The van der Waals surface area contributed by atoms with Gasteiger partial charge in [0.05, 0.1) is 5.75 Å². The fraction of sp³-hybridized carbons (Fsp3) is 1.00. The lowest BCUT2D eigenvalue weighted by molar-refractivity contribution is 0.260. The average molecular weight is 246 g/mol. The van der Waals surface area contributed by atoms with Crippen molar-refractivity contribution in [1.29, 1.82) is 0 Å². The Balaban J connectivity index is 1.81. The average Bonchev–Trinajstić information content (AvgIpc) is 2.50. The van der Waals surface area contributed by atoms with E-state index < -0.39 is 10.0 Å². The van der Waals surface area contributed by atoms with Crippen LogP contribution in [0.4, 0.5) is 0 Å². The van der Waals surface area contributed by atoms with E-state index in [1.54, 1.807) is 0 Å². The third-order valence-electron chi connectivity index (χ3n) is 3.81. The molecule has 2 atom stereocenters. The van der Waals surface area contributed by atoms with Crippen LogP contribution >= 0.6 is 0 Å². The lowest BCUT2D eigenvalue weighted by atomic mass is 9.81. The molecule has 5 heteroatoms. The van der Waals surface area contributed by atoms with Crippen molar-refractivity contribution in [2.45, 2.75) is 51.1 Å². The summed E-state index contributed by atoms with van der Waals surface area (Å²) < 4.78 is 26.6. The van der Waals surface area contributed by atoms with Gasteiger partial charge in [0.1, 0.15) is 0 Å². The molecule has 4 nitrogen and oxygen atoms in total. The first-order valence-electron chi connectivity index (χ1n) is 6.30. The molecule has 0 aromatic heterocycles. The van der Waals surface area contributed by atoms with Gasteiger partial charge in [-0.2, -0.15) is 0 Å². The molecule has 0 aromatic rings. The molecule has 16 heavy (non-hydrogen) atoms. The van der Waals surface area contributed by atoms with E-state index in [0.717, 1.165) is 19.4 Å². The molecule has 0 aromatic carbocycles. The van der Waals surface area contributed by atoms with Gasteiger partial charge in [0.25, 0.3) is 0 Å². The van der Waals surface area contributed by atoms with Crippen LogP contribution in [0.25, 0.3) is 0 Å². The van der Waals surface area contributed by atoms with Gasteiger partial charge in [0, 0.05) is 12.1 Å². The molecule has 0 radical (unpaired) electrons. The van der Waals surface area contributed by atoms with Gasteiger partial charge in [-0.1, -0.05) is 6.42 Å². The SMILES string of the molecule is CC(NS(=O)(=O)CC1CCCN1)C1CCC1.